The molecule has 0 saturated heterocycles. The molecule has 0 amide bonds. The van der Waals surface area contributed by atoms with E-state index in [4.69, 9.17) is 74.2 Å². The first-order chi connectivity index (χ1) is 15.2. The van der Waals surface area contributed by atoms with Gasteiger partial charge < -0.3 is 0 Å². The van der Waals surface area contributed by atoms with Crippen LogP contribution in [0.1, 0.15) is 107 Å². The molecule has 208 valence electrons. The van der Waals surface area contributed by atoms with Gasteiger partial charge in [-0.1, -0.05) is 0 Å². The summed E-state index contributed by atoms with van der Waals surface area (Å²) in [7, 11) is 49.7. The van der Waals surface area contributed by atoms with Gasteiger partial charge in [0.25, 0.3) is 0 Å². The van der Waals surface area contributed by atoms with Gasteiger partial charge in [-0.2, -0.15) is 0 Å². The van der Waals surface area contributed by atoms with E-state index in [1.165, 1.54) is 0 Å². The van der Waals surface area contributed by atoms with Crippen LogP contribution in [0.25, 0.3) is 0 Å². The molecule has 0 aliphatic carbocycles. The van der Waals surface area contributed by atoms with Gasteiger partial charge in [-0.25, -0.2) is 0 Å². The van der Waals surface area contributed by atoms with Gasteiger partial charge in [0.2, 0.25) is 0 Å². The fraction of sp³-hybridized carbons (Fsp3) is 1.00. The number of hydrogen-bond acceptors (Lipinski definition) is 2. The van der Waals surface area contributed by atoms with Crippen LogP contribution in [0.5, 0.6) is 0 Å². The van der Waals surface area contributed by atoms with E-state index in [0.717, 1.165) is 60.2 Å². The normalized spacial score (nSPS) is 16.9. The van der Waals surface area contributed by atoms with E-state index in [1.807, 2.05) is 0 Å². The quantitative estimate of drug-likeness (QED) is 0.143. The maximum atomic E-state index is 6.86. The Morgan fingerprint density at radius 1 is 0.500 bits per heavy atom. The molecule has 0 spiro atoms. The van der Waals surface area contributed by atoms with E-state index in [0.29, 0.717) is 0 Å². The standard InChI is InChI=1S/2C6H13.2C4H9.8ClH.2O.4Sn/c2*1-4-5-6(2)3;2*1-3-4-2;;;;;;;;;;;;;;/h2*4-5H2,1-3H3;2*1,3-4H2,2H3;8*1H;;;;;;/q;;;;;;;;;;;;;;2*+1;2*+3/p-8. The molecule has 0 aromatic carbocycles. The van der Waals surface area contributed by atoms with Gasteiger partial charge in [-0.15, -0.1) is 0 Å². The summed E-state index contributed by atoms with van der Waals surface area (Å²) in [5.74, 6) is 0. The van der Waals surface area contributed by atoms with E-state index in [2.05, 4.69) is 55.4 Å². The van der Waals surface area contributed by atoms with Gasteiger partial charge in [0, 0.05) is 0 Å². The average Bonchev–Trinajstić information content (AvgIpc) is 2.62. The van der Waals surface area contributed by atoms with Gasteiger partial charge in [-0.05, 0) is 0 Å². The van der Waals surface area contributed by atoms with E-state index in [-0.39, 0.29) is 6.86 Å². The molecule has 0 radical (unpaired) electrons. The molecule has 0 saturated carbocycles. The van der Waals surface area contributed by atoms with Crippen molar-refractivity contribution in [1.82, 2.24) is 0 Å². The summed E-state index contributed by atoms with van der Waals surface area (Å²) in [5.41, 5.74) is 0. The van der Waals surface area contributed by atoms with Crippen molar-refractivity contribution in [1.29, 1.82) is 0 Å². The molecule has 0 aromatic rings. The van der Waals surface area contributed by atoms with E-state index in [1.54, 1.807) is 0 Å². The molecular weight excluding hydrogens is 1030 g/mol. The zero-order valence-electron chi connectivity index (χ0n) is 21.9. The average molecular weight is 1080 g/mol. The molecule has 0 fully saturated rings. The molecule has 0 bridgehead atoms. The second-order valence-electron chi connectivity index (χ2n) is 10.0. The van der Waals surface area contributed by atoms with Crippen molar-refractivity contribution in [2.75, 3.05) is 0 Å². The van der Waals surface area contributed by atoms with Gasteiger partial charge in [0.1, 0.15) is 0 Å². The Kier molecular flexibility index (Phi) is 23.1. The second kappa shape index (κ2) is 18.9. The first-order valence-corrected chi connectivity index (χ1v) is 52.5. The van der Waals surface area contributed by atoms with E-state index < -0.39 is 66.2 Å². The van der Waals surface area contributed by atoms with Crippen molar-refractivity contribution in [3.63, 3.8) is 0 Å². The summed E-state index contributed by atoms with van der Waals surface area (Å²) in [6, 6.07) is 0. The monoisotopic (exact) mass is 1080 g/mol. The van der Waals surface area contributed by atoms with Crippen LogP contribution < -0.4 is 0 Å². The van der Waals surface area contributed by atoms with Crippen LogP contribution >= 0.6 is 71.4 Å². The van der Waals surface area contributed by atoms with Crippen LogP contribution in [0.2, 0.25) is 15.7 Å². The summed E-state index contributed by atoms with van der Waals surface area (Å²) in [6.07, 6.45) is 8.61. The first kappa shape index (κ1) is 41.6. The summed E-state index contributed by atoms with van der Waals surface area (Å²) in [6.45, 7) is 17.3. The molecule has 34 heavy (non-hydrogen) atoms. The summed E-state index contributed by atoms with van der Waals surface area (Å²) < 4.78 is 13.8. The number of rotatable bonds is 16. The van der Waals surface area contributed by atoms with Crippen molar-refractivity contribution in [3.8, 4) is 0 Å². The van der Waals surface area contributed by atoms with Gasteiger partial charge in [0.15, 0.2) is 0 Å². The Morgan fingerprint density at radius 2 is 0.765 bits per heavy atom. The van der Waals surface area contributed by atoms with Crippen molar-refractivity contribution in [2.45, 2.75) is 122 Å². The Morgan fingerprint density at radius 3 is 0.941 bits per heavy atom. The third-order valence-corrected chi connectivity index (χ3v) is 86.3. The molecule has 0 N–H and O–H groups in total. The minimum absolute atomic E-state index is 0.0149. The molecule has 2 atom stereocenters. The van der Waals surface area contributed by atoms with Crippen LogP contribution in [0.4, 0.5) is 0 Å². The molecule has 0 aliphatic heterocycles. The van der Waals surface area contributed by atoms with Crippen molar-refractivity contribution >= 4 is 138 Å². The Bertz CT molecular complexity index is 514. The van der Waals surface area contributed by atoms with Crippen LogP contribution in [0.3, 0.4) is 0 Å². The van der Waals surface area contributed by atoms with E-state index >= 15 is 0 Å². The third kappa shape index (κ3) is 17.4. The predicted octanol–water partition coefficient (Wildman–Crippen LogP) is 12.4. The summed E-state index contributed by atoms with van der Waals surface area (Å²) in [5, 5.41) is 0. The van der Waals surface area contributed by atoms with Crippen LogP contribution in [0, 0.1) is 0 Å². The second-order valence-corrected chi connectivity index (χ2v) is 80.4. The maximum absolute atomic E-state index is 6.86. The number of unbranched alkanes of at least 4 members (excludes halogenated alkanes) is 2. The topological polar surface area (TPSA) is 18.5 Å². The first-order valence-electron chi connectivity index (χ1n) is 12.1. The molecule has 0 aliphatic rings. The Balaban J connectivity index is 0. The zero-order chi connectivity index (χ0) is 27.5. The molecule has 2 nitrogen and oxygen atoms in total. The molecule has 2 unspecified atom stereocenters. The molecule has 0 aromatic heterocycles. The molecule has 14 heteroatoms. The van der Waals surface area contributed by atoms with Gasteiger partial charge in [-0.3, -0.25) is 0 Å². The van der Waals surface area contributed by atoms with Gasteiger partial charge >= 0.3 is 263 Å². The Labute approximate surface area is 258 Å². The van der Waals surface area contributed by atoms with Crippen molar-refractivity contribution in [3.05, 3.63) is 0 Å². The summed E-state index contributed by atoms with van der Waals surface area (Å²) >= 11 is -14.3. The minimum atomic E-state index is -3.83. The number of halogens is 8. The van der Waals surface area contributed by atoms with Crippen LogP contribution in [-0.2, 0) is 2.82 Å². The SMILES string of the molecule is CCC[CH2][Sn]([Cl])([O][Sn]([Cl])([Cl])[Cl])[C](C)(C)CCC.CCC[CH2][Sn]([Cl])([O][Sn]([Cl])([Cl])[Cl])[C](C)(C)CCC. The molecule has 0 heterocycles. The third-order valence-electron chi connectivity index (χ3n) is 6.03. The molecular formula is C20H44Cl8O2Sn4. The van der Waals surface area contributed by atoms with Crippen LogP contribution in [0.15, 0.2) is 0 Å². The van der Waals surface area contributed by atoms with Crippen LogP contribution in [-0.4, -0.2) is 66.2 Å². The fourth-order valence-corrected chi connectivity index (χ4v) is 108. The van der Waals surface area contributed by atoms with Gasteiger partial charge in [0.05, 0.1) is 0 Å². The zero-order valence-corrected chi connectivity index (χ0v) is 39.4. The summed E-state index contributed by atoms with van der Waals surface area (Å²) in [4.78, 5) is 0. The van der Waals surface area contributed by atoms with Crippen molar-refractivity contribution < 1.29 is 2.82 Å². The molecule has 0 rings (SSSR count). The predicted molar refractivity (Wildman–Crippen MR) is 169 cm³/mol. The fourth-order valence-electron chi connectivity index (χ4n) is 3.85. The van der Waals surface area contributed by atoms with E-state index in [9.17, 15) is 0 Å². The van der Waals surface area contributed by atoms with Crippen molar-refractivity contribution in [2.24, 2.45) is 0 Å². The number of hydrogen-bond donors (Lipinski definition) is 0. The Hall–Kier alpha value is 5.43.